The fourth-order valence-electron chi connectivity index (χ4n) is 2.69. The van der Waals surface area contributed by atoms with Crippen molar-refractivity contribution in [1.82, 2.24) is 0 Å². The van der Waals surface area contributed by atoms with Crippen molar-refractivity contribution in [2.24, 2.45) is 0 Å². The fraction of sp³-hybridized carbons (Fsp3) is 0.300. The molecule has 0 atom stereocenters. The summed E-state index contributed by atoms with van der Waals surface area (Å²) in [5.74, 6) is -1.17. The first-order valence-corrected chi connectivity index (χ1v) is 10.5. The Labute approximate surface area is 159 Å². The molecule has 1 amide bonds. The fourth-order valence-corrected chi connectivity index (χ4v) is 3.47. The number of sulfone groups is 1. The van der Waals surface area contributed by atoms with Gasteiger partial charge in [0.05, 0.1) is 11.3 Å². The van der Waals surface area contributed by atoms with E-state index in [1.807, 2.05) is 44.2 Å². The van der Waals surface area contributed by atoms with Gasteiger partial charge in [0.2, 0.25) is 0 Å². The van der Waals surface area contributed by atoms with Gasteiger partial charge in [-0.1, -0.05) is 30.3 Å². The first-order valence-electron chi connectivity index (χ1n) is 8.48. The molecule has 0 fully saturated rings. The molecule has 0 aliphatic carbocycles. The maximum atomic E-state index is 12.5. The number of amides is 1. The van der Waals surface area contributed by atoms with Gasteiger partial charge in [-0.05, 0) is 43.7 Å². The van der Waals surface area contributed by atoms with Crippen molar-refractivity contribution >= 4 is 27.4 Å². The van der Waals surface area contributed by atoms with Crippen LogP contribution in [0.5, 0.6) is 0 Å². The largest absolute Gasteiger partial charge is 0.452 e. The Morgan fingerprint density at radius 2 is 1.70 bits per heavy atom. The second-order valence-corrected chi connectivity index (χ2v) is 8.68. The number of hydrogen-bond acceptors (Lipinski definition) is 5. The third kappa shape index (κ3) is 6.21. The summed E-state index contributed by atoms with van der Waals surface area (Å²) < 4.78 is 28.0. The summed E-state index contributed by atoms with van der Waals surface area (Å²) in [6, 6.07) is 15.2. The second-order valence-electron chi connectivity index (χ2n) is 6.54. The molecule has 0 bridgehead atoms. The lowest BCUT2D eigenvalue weighted by Gasteiger charge is -2.26. The number of para-hydroxylation sites is 1. The molecule has 0 spiro atoms. The van der Waals surface area contributed by atoms with Crippen LogP contribution in [0, 0.1) is 0 Å². The van der Waals surface area contributed by atoms with Crippen molar-refractivity contribution < 1.29 is 22.7 Å². The van der Waals surface area contributed by atoms with Crippen LogP contribution in [0.4, 0.5) is 5.69 Å². The molecule has 0 radical (unpaired) electrons. The predicted molar refractivity (Wildman–Crippen MR) is 104 cm³/mol. The van der Waals surface area contributed by atoms with E-state index in [1.165, 1.54) is 12.1 Å². The second kappa shape index (κ2) is 8.81. The van der Waals surface area contributed by atoms with Crippen LogP contribution >= 0.6 is 0 Å². The normalized spacial score (nSPS) is 11.3. The predicted octanol–water partition coefficient (Wildman–Crippen LogP) is 2.83. The molecule has 0 heterocycles. The van der Waals surface area contributed by atoms with Crippen molar-refractivity contribution in [1.29, 1.82) is 0 Å². The summed E-state index contributed by atoms with van der Waals surface area (Å²) in [7, 11) is -3.21. The van der Waals surface area contributed by atoms with Crippen LogP contribution in [0.3, 0.4) is 0 Å². The highest BCUT2D eigenvalue weighted by atomic mass is 32.2. The Morgan fingerprint density at radius 1 is 1.04 bits per heavy atom. The molecular formula is C20H23NO5S. The number of hydrogen-bond donors (Lipinski definition) is 0. The maximum Gasteiger partial charge on any atom is 0.338 e. The topological polar surface area (TPSA) is 80.8 Å². The molecule has 27 heavy (non-hydrogen) atoms. The molecule has 2 aromatic rings. The molecule has 2 aromatic carbocycles. The van der Waals surface area contributed by atoms with E-state index in [-0.39, 0.29) is 23.3 Å². The molecule has 0 unspecified atom stereocenters. The van der Waals surface area contributed by atoms with Crippen LogP contribution in [0.1, 0.15) is 29.8 Å². The third-order valence-corrected chi connectivity index (χ3v) is 4.60. The van der Waals surface area contributed by atoms with Gasteiger partial charge >= 0.3 is 5.97 Å². The van der Waals surface area contributed by atoms with Crippen LogP contribution in [-0.4, -0.2) is 39.2 Å². The molecule has 0 aliphatic heterocycles. The molecule has 0 aliphatic rings. The van der Waals surface area contributed by atoms with Gasteiger partial charge in [-0.3, -0.25) is 4.79 Å². The molecule has 0 saturated heterocycles. The summed E-state index contributed by atoms with van der Waals surface area (Å²) in [6.45, 7) is 3.35. The number of nitrogens with zero attached hydrogens (tertiary/aromatic N) is 1. The van der Waals surface area contributed by atoms with Crippen LogP contribution in [0.15, 0.2) is 54.6 Å². The minimum absolute atomic E-state index is 0.100. The van der Waals surface area contributed by atoms with Crippen molar-refractivity contribution in [2.75, 3.05) is 17.8 Å². The van der Waals surface area contributed by atoms with Crippen molar-refractivity contribution in [3.8, 4) is 0 Å². The van der Waals surface area contributed by atoms with E-state index in [9.17, 15) is 18.0 Å². The van der Waals surface area contributed by atoms with E-state index >= 15 is 0 Å². The van der Waals surface area contributed by atoms with Crippen LogP contribution < -0.4 is 4.90 Å². The van der Waals surface area contributed by atoms with Gasteiger partial charge in [-0.15, -0.1) is 0 Å². The highest BCUT2D eigenvalue weighted by molar-refractivity contribution is 7.89. The average Bonchev–Trinajstić information content (AvgIpc) is 2.59. The van der Waals surface area contributed by atoms with Crippen LogP contribution in [0.25, 0.3) is 0 Å². The van der Waals surface area contributed by atoms with Crippen LogP contribution in [-0.2, 0) is 25.1 Å². The van der Waals surface area contributed by atoms with E-state index in [0.717, 1.165) is 11.9 Å². The van der Waals surface area contributed by atoms with Gasteiger partial charge in [0.25, 0.3) is 5.91 Å². The monoisotopic (exact) mass is 389 g/mol. The molecule has 144 valence electrons. The Hall–Kier alpha value is -2.67. The minimum atomic E-state index is -3.21. The number of carbonyl (C=O) groups excluding carboxylic acids is 2. The van der Waals surface area contributed by atoms with Gasteiger partial charge < -0.3 is 9.64 Å². The molecular weight excluding hydrogens is 366 g/mol. The first kappa shape index (κ1) is 20.6. The third-order valence-electron chi connectivity index (χ3n) is 3.74. The number of ether oxygens (including phenoxy) is 1. The first-order chi connectivity index (χ1) is 12.7. The van der Waals surface area contributed by atoms with Crippen molar-refractivity contribution in [3.63, 3.8) is 0 Å². The SMILES string of the molecule is CC(C)N(C(=O)COC(=O)c1cccc(CS(C)(=O)=O)c1)c1ccccc1. The Morgan fingerprint density at radius 3 is 2.30 bits per heavy atom. The zero-order chi connectivity index (χ0) is 20.0. The molecule has 7 heteroatoms. The molecule has 2 rings (SSSR count). The van der Waals surface area contributed by atoms with E-state index < -0.39 is 22.4 Å². The van der Waals surface area contributed by atoms with Crippen molar-refractivity contribution in [3.05, 3.63) is 65.7 Å². The van der Waals surface area contributed by atoms with E-state index in [1.54, 1.807) is 17.0 Å². The van der Waals surface area contributed by atoms with Gasteiger partial charge in [0, 0.05) is 18.0 Å². The Balaban J connectivity index is 2.06. The lowest BCUT2D eigenvalue weighted by Crippen LogP contribution is -2.39. The number of benzene rings is 2. The number of anilines is 1. The van der Waals surface area contributed by atoms with Gasteiger partial charge in [0.15, 0.2) is 16.4 Å². The number of esters is 1. The van der Waals surface area contributed by atoms with E-state index in [4.69, 9.17) is 4.74 Å². The van der Waals surface area contributed by atoms with Crippen LogP contribution in [0.2, 0.25) is 0 Å². The minimum Gasteiger partial charge on any atom is -0.452 e. The average molecular weight is 389 g/mol. The van der Waals surface area contributed by atoms with Crippen molar-refractivity contribution in [2.45, 2.75) is 25.6 Å². The summed E-state index contributed by atoms with van der Waals surface area (Å²) in [6.07, 6.45) is 1.13. The molecule has 0 N–H and O–H groups in total. The van der Waals surface area contributed by atoms with Gasteiger partial charge in [-0.2, -0.15) is 0 Å². The van der Waals surface area contributed by atoms with E-state index in [2.05, 4.69) is 0 Å². The lowest BCUT2D eigenvalue weighted by atomic mass is 10.1. The number of rotatable bonds is 7. The zero-order valence-corrected chi connectivity index (χ0v) is 16.4. The van der Waals surface area contributed by atoms with E-state index in [0.29, 0.717) is 5.56 Å². The smallest absolute Gasteiger partial charge is 0.338 e. The summed E-state index contributed by atoms with van der Waals surface area (Å²) in [4.78, 5) is 26.4. The molecule has 0 aromatic heterocycles. The number of carbonyl (C=O) groups is 2. The lowest BCUT2D eigenvalue weighted by molar-refractivity contribution is -0.122. The Bertz CT molecular complexity index is 907. The van der Waals surface area contributed by atoms with Gasteiger partial charge in [0.1, 0.15) is 0 Å². The summed E-state index contributed by atoms with van der Waals surface area (Å²) >= 11 is 0. The van der Waals surface area contributed by atoms with Gasteiger partial charge in [-0.25, -0.2) is 13.2 Å². The zero-order valence-electron chi connectivity index (χ0n) is 15.6. The summed E-state index contributed by atoms with van der Waals surface area (Å²) in [5, 5.41) is 0. The highest BCUT2D eigenvalue weighted by Crippen LogP contribution is 2.17. The molecule has 0 saturated carbocycles. The quantitative estimate of drug-likeness (QED) is 0.680. The molecule has 6 nitrogen and oxygen atoms in total. The highest BCUT2D eigenvalue weighted by Gasteiger charge is 2.21. The maximum absolute atomic E-state index is 12.5. The summed E-state index contributed by atoms with van der Waals surface area (Å²) in [5.41, 5.74) is 1.43. The Kier molecular flexibility index (Phi) is 6.74. The standard InChI is InChI=1S/C20H23NO5S/c1-15(2)21(18-10-5-4-6-11-18)19(22)13-26-20(23)17-9-7-8-16(12-17)14-27(3,24)25/h4-12,15H,13-14H2,1-3H3.